The van der Waals surface area contributed by atoms with Crippen LogP contribution in [-0.4, -0.2) is 29.2 Å². The van der Waals surface area contributed by atoms with E-state index < -0.39 is 0 Å². The Balaban J connectivity index is 1.90. The van der Waals surface area contributed by atoms with Gasteiger partial charge in [0.25, 0.3) is 0 Å². The van der Waals surface area contributed by atoms with Crippen LogP contribution in [0.4, 0.5) is 0 Å². The van der Waals surface area contributed by atoms with Crippen molar-refractivity contribution in [2.45, 2.75) is 44.4 Å². The molecule has 0 amide bonds. The number of benzene rings is 1. The van der Waals surface area contributed by atoms with Gasteiger partial charge < -0.3 is 4.74 Å². The number of carbonyl (C=O) groups is 1. The van der Waals surface area contributed by atoms with E-state index >= 15 is 0 Å². The van der Waals surface area contributed by atoms with E-state index in [4.69, 9.17) is 9.73 Å². The number of esters is 1. The van der Waals surface area contributed by atoms with Crippen LogP contribution in [0.3, 0.4) is 0 Å². The van der Waals surface area contributed by atoms with E-state index in [2.05, 4.69) is 31.2 Å². The fourth-order valence-electron chi connectivity index (χ4n) is 2.60. The molecule has 0 spiro atoms. The average Bonchev–Trinajstić information content (AvgIpc) is 3.06. The van der Waals surface area contributed by atoms with Crippen molar-refractivity contribution >= 4 is 33.9 Å². The number of hydrogen-bond acceptors (Lipinski definition) is 5. The molecule has 2 atom stereocenters. The molecule has 2 unspecified atom stereocenters. The standard InChI is InChI=1S/C18H25NO2S2/c1-3-4-6-11-15(17(20)21-2)16-13-23-18(19-16)22-12-14-9-7-5-8-10-14/h5,7-10,15-16H,3-4,6,11-13H2,1-2H3. The molecular formula is C18H25NO2S2. The molecule has 0 aliphatic carbocycles. The molecule has 3 nitrogen and oxygen atoms in total. The summed E-state index contributed by atoms with van der Waals surface area (Å²) in [5.41, 5.74) is 1.30. The lowest BCUT2D eigenvalue weighted by Gasteiger charge is -2.18. The number of thioether (sulfide) groups is 2. The molecule has 126 valence electrons. The Morgan fingerprint density at radius 2 is 2.17 bits per heavy atom. The van der Waals surface area contributed by atoms with Crippen molar-refractivity contribution in [3.63, 3.8) is 0 Å². The van der Waals surface area contributed by atoms with E-state index in [-0.39, 0.29) is 17.9 Å². The van der Waals surface area contributed by atoms with Gasteiger partial charge in [0.2, 0.25) is 0 Å². The van der Waals surface area contributed by atoms with Gasteiger partial charge >= 0.3 is 5.97 Å². The van der Waals surface area contributed by atoms with Crippen LogP contribution in [0.1, 0.15) is 38.2 Å². The topological polar surface area (TPSA) is 38.7 Å². The van der Waals surface area contributed by atoms with E-state index in [1.165, 1.54) is 12.7 Å². The molecule has 5 heteroatoms. The maximum absolute atomic E-state index is 12.1. The Bertz CT molecular complexity index is 519. The summed E-state index contributed by atoms with van der Waals surface area (Å²) in [6.45, 7) is 2.18. The van der Waals surface area contributed by atoms with E-state index in [1.54, 1.807) is 23.5 Å². The number of methoxy groups -OCH3 is 1. The van der Waals surface area contributed by atoms with Gasteiger partial charge in [-0.25, -0.2) is 0 Å². The van der Waals surface area contributed by atoms with Crippen molar-refractivity contribution in [3.05, 3.63) is 35.9 Å². The third-order valence-electron chi connectivity index (χ3n) is 3.94. The van der Waals surface area contributed by atoms with Crippen LogP contribution in [-0.2, 0) is 15.3 Å². The number of rotatable bonds is 8. The second kappa shape index (κ2) is 10.0. The average molecular weight is 352 g/mol. The fraction of sp³-hybridized carbons (Fsp3) is 0.556. The van der Waals surface area contributed by atoms with Crippen molar-refractivity contribution < 1.29 is 9.53 Å². The van der Waals surface area contributed by atoms with Crippen molar-refractivity contribution in [1.29, 1.82) is 0 Å². The van der Waals surface area contributed by atoms with Gasteiger partial charge in [-0.15, -0.1) is 0 Å². The molecule has 0 radical (unpaired) electrons. The summed E-state index contributed by atoms with van der Waals surface area (Å²) < 4.78 is 6.10. The summed E-state index contributed by atoms with van der Waals surface area (Å²) in [6.07, 6.45) is 4.27. The van der Waals surface area contributed by atoms with Crippen LogP contribution in [0.15, 0.2) is 35.3 Å². The monoisotopic (exact) mass is 351 g/mol. The number of unbranched alkanes of at least 4 members (excludes halogenated alkanes) is 2. The van der Waals surface area contributed by atoms with E-state index in [0.29, 0.717) is 0 Å². The van der Waals surface area contributed by atoms with Gasteiger partial charge in [-0.3, -0.25) is 9.79 Å². The SMILES string of the molecule is CCCCCC(C(=O)OC)C1CSC(SCc2ccccc2)=N1. The van der Waals surface area contributed by atoms with Gasteiger partial charge in [-0.05, 0) is 12.0 Å². The number of carbonyl (C=O) groups excluding carboxylic acids is 1. The minimum absolute atomic E-state index is 0.0718. The van der Waals surface area contributed by atoms with Gasteiger partial charge in [-0.2, -0.15) is 0 Å². The highest BCUT2D eigenvalue weighted by Crippen LogP contribution is 2.33. The first-order valence-electron chi connectivity index (χ1n) is 8.19. The van der Waals surface area contributed by atoms with Crippen LogP contribution in [0.25, 0.3) is 0 Å². The number of ether oxygens (including phenoxy) is 1. The molecule has 1 aromatic carbocycles. The lowest BCUT2D eigenvalue weighted by molar-refractivity contribution is -0.146. The first kappa shape index (κ1) is 18.4. The molecular weight excluding hydrogens is 326 g/mol. The summed E-state index contributed by atoms with van der Waals surface area (Å²) in [6, 6.07) is 10.5. The van der Waals surface area contributed by atoms with Crippen LogP contribution < -0.4 is 0 Å². The molecule has 1 aliphatic heterocycles. The summed E-state index contributed by atoms with van der Waals surface area (Å²) in [5, 5.41) is 0. The minimum Gasteiger partial charge on any atom is -0.469 e. The Morgan fingerprint density at radius 3 is 2.87 bits per heavy atom. The van der Waals surface area contributed by atoms with Gasteiger partial charge in [0.05, 0.1) is 19.1 Å². The highest BCUT2D eigenvalue weighted by molar-refractivity contribution is 8.38. The first-order chi connectivity index (χ1) is 11.2. The predicted molar refractivity (Wildman–Crippen MR) is 101 cm³/mol. The van der Waals surface area contributed by atoms with Crippen LogP contribution in [0, 0.1) is 5.92 Å². The lowest BCUT2D eigenvalue weighted by Crippen LogP contribution is -2.28. The number of aliphatic imine (C=N–C) groups is 1. The molecule has 1 aromatic rings. The van der Waals surface area contributed by atoms with Crippen LogP contribution in [0.2, 0.25) is 0 Å². The van der Waals surface area contributed by atoms with Gasteiger partial charge in [0.15, 0.2) is 0 Å². The summed E-state index contributed by atoms with van der Waals surface area (Å²) in [5.74, 6) is 1.62. The number of hydrogen-bond donors (Lipinski definition) is 0. The summed E-state index contributed by atoms with van der Waals surface area (Å²) in [7, 11) is 1.48. The molecule has 23 heavy (non-hydrogen) atoms. The maximum atomic E-state index is 12.1. The smallest absolute Gasteiger partial charge is 0.310 e. The van der Waals surface area contributed by atoms with E-state index in [1.807, 2.05) is 6.07 Å². The van der Waals surface area contributed by atoms with E-state index in [9.17, 15) is 4.79 Å². The zero-order valence-corrected chi connectivity index (χ0v) is 15.5. The largest absolute Gasteiger partial charge is 0.469 e. The molecule has 0 saturated carbocycles. The lowest BCUT2D eigenvalue weighted by atomic mass is 9.95. The molecule has 0 saturated heterocycles. The Hall–Kier alpha value is -0.940. The van der Waals surface area contributed by atoms with Gasteiger partial charge in [0, 0.05) is 11.5 Å². The van der Waals surface area contributed by atoms with Gasteiger partial charge in [0.1, 0.15) is 4.38 Å². The highest BCUT2D eigenvalue weighted by atomic mass is 32.2. The highest BCUT2D eigenvalue weighted by Gasteiger charge is 2.32. The maximum Gasteiger partial charge on any atom is 0.310 e. The van der Waals surface area contributed by atoms with Crippen molar-refractivity contribution in [2.24, 2.45) is 10.9 Å². The third-order valence-corrected chi connectivity index (χ3v) is 6.34. The second-order valence-electron chi connectivity index (χ2n) is 5.67. The van der Waals surface area contributed by atoms with Crippen molar-refractivity contribution in [2.75, 3.05) is 12.9 Å². The fourth-order valence-corrected chi connectivity index (χ4v) is 4.84. The molecule has 0 aromatic heterocycles. The minimum atomic E-state index is -0.107. The third kappa shape index (κ3) is 5.88. The second-order valence-corrected chi connectivity index (χ2v) is 7.90. The summed E-state index contributed by atoms with van der Waals surface area (Å²) in [4.78, 5) is 16.9. The zero-order valence-electron chi connectivity index (χ0n) is 13.9. The van der Waals surface area contributed by atoms with Crippen LogP contribution in [0.5, 0.6) is 0 Å². The van der Waals surface area contributed by atoms with Crippen LogP contribution >= 0.6 is 23.5 Å². The Labute approximate surface area is 147 Å². The molecule has 2 rings (SSSR count). The van der Waals surface area contributed by atoms with Crippen molar-refractivity contribution in [3.8, 4) is 0 Å². The molecule has 0 fully saturated rings. The Morgan fingerprint density at radius 1 is 1.39 bits per heavy atom. The first-order valence-corrected chi connectivity index (χ1v) is 10.2. The molecule has 1 aliphatic rings. The quantitative estimate of drug-likeness (QED) is 0.500. The molecule has 0 bridgehead atoms. The molecule has 0 N–H and O–H groups in total. The predicted octanol–water partition coefficient (Wildman–Crippen LogP) is 4.76. The molecule has 1 heterocycles. The Kier molecular flexibility index (Phi) is 8.03. The summed E-state index contributed by atoms with van der Waals surface area (Å²) >= 11 is 3.54. The number of nitrogens with zero attached hydrogens (tertiary/aromatic N) is 1. The van der Waals surface area contributed by atoms with Crippen molar-refractivity contribution in [1.82, 2.24) is 0 Å². The van der Waals surface area contributed by atoms with Gasteiger partial charge in [-0.1, -0.05) is 80.0 Å². The van der Waals surface area contributed by atoms with E-state index in [0.717, 1.165) is 41.6 Å². The zero-order chi connectivity index (χ0) is 16.5. The normalized spacial score (nSPS) is 18.5.